The van der Waals surface area contributed by atoms with E-state index in [9.17, 15) is 9.59 Å². The molecule has 0 fully saturated rings. The summed E-state index contributed by atoms with van der Waals surface area (Å²) < 4.78 is 0. The first-order valence-corrected chi connectivity index (χ1v) is 7.30. The maximum Gasteiger partial charge on any atom is 0.300 e. The Morgan fingerprint density at radius 3 is 2.62 bits per heavy atom. The van der Waals surface area contributed by atoms with Crippen LogP contribution in [0, 0.1) is 0 Å². The summed E-state index contributed by atoms with van der Waals surface area (Å²) >= 11 is 6.06. The smallest absolute Gasteiger partial charge is 0.297 e. The third kappa shape index (κ3) is 1.74. The molecule has 1 unspecified atom stereocenters. The molecule has 3 nitrogen and oxygen atoms in total. The largest absolute Gasteiger partial charge is 0.300 e. The summed E-state index contributed by atoms with van der Waals surface area (Å²) in [6, 6.07) is 13.3. The molecule has 0 aliphatic carbocycles. The molecule has 1 atom stereocenters. The van der Waals surface area contributed by atoms with Crippen molar-refractivity contribution in [2.24, 2.45) is 0 Å². The van der Waals surface area contributed by atoms with E-state index >= 15 is 0 Å². The third-order valence-corrected chi connectivity index (χ3v) is 4.45. The van der Waals surface area contributed by atoms with E-state index in [1.54, 1.807) is 11.0 Å². The van der Waals surface area contributed by atoms with E-state index in [1.165, 1.54) is 0 Å². The van der Waals surface area contributed by atoms with Gasteiger partial charge in [-0.1, -0.05) is 41.9 Å². The van der Waals surface area contributed by atoms with Gasteiger partial charge >= 0.3 is 0 Å². The van der Waals surface area contributed by atoms with Crippen LogP contribution in [0.4, 0.5) is 5.69 Å². The number of hydrogen-bond acceptors (Lipinski definition) is 2. The van der Waals surface area contributed by atoms with E-state index in [-0.39, 0.29) is 6.04 Å². The third-order valence-electron chi connectivity index (χ3n) is 4.24. The minimum atomic E-state index is -0.448. The van der Waals surface area contributed by atoms with Crippen LogP contribution in [-0.4, -0.2) is 11.7 Å². The number of amides is 1. The van der Waals surface area contributed by atoms with Crippen LogP contribution in [0.15, 0.2) is 42.5 Å². The number of nitrogens with zero attached hydrogens (tertiary/aromatic N) is 1. The van der Waals surface area contributed by atoms with E-state index in [1.807, 2.05) is 36.4 Å². The summed E-state index contributed by atoms with van der Waals surface area (Å²) in [5.41, 5.74) is 3.26. The Bertz CT molecular complexity index is 770. The van der Waals surface area contributed by atoms with Crippen molar-refractivity contribution in [3.63, 3.8) is 0 Å². The topological polar surface area (TPSA) is 37.4 Å². The Kier molecular flexibility index (Phi) is 2.66. The number of carbonyl (C=O) groups is 2. The van der Waals surface area contributed by atoms with Gasteiger partial charge in [0.25, 0.3) is 11.7 Å². The van der Waals surface area contributed by atoms with Gasteiger partial charge in [-0.2, -0.15) is 0 Å². The first kappa shape index (κ1) is 12.6. The van der Waals surface area contributed by atoms with Crippen LogP contribution in [0.3, 0.4) is 0 Å². The summed E-state index contributed by atoms with van der Waals surface area (Å²) in [4.78, 5) is 26.3. The average Bonchev–Trinajstić information content (AvgIpc) is 2.75. The molecule has 4 heteroatoms. The molecular formula is C17H12ClNO2. The number of ketones is 1. The number of benzene rings is 2. The fraction of sp³-hybridized carbons (Fsp3) is 0.176. The number of hydrogen-bond donors (Lipinski definition) is 0. The van der Waals surface area contributed by atoms with Gasteiger partial charge in [0.2, 0.25) is 0 Å². The molecular weight excluding hydrogens is 286 g/mol. The molecule has 0 radical (unpaired) electrons. The Morgan fingerprint density at radius 1 is 1.10 bits per heavy atom. The summed E-state index contributed by atoms with van der Waals surface area (Å²) in [5.74, 6) is -0.890. The van der Waals surface area contributed by atoms with Gasteiger partial charge in [0, 0.05) is 5.02 Å². The molecule has 2 aromatic rings. The highest BCUT2D eigenvalue weighted by atomic mass is 35.5. The first-order chi connectivity index (χ1) is 10.2. The van der Waals surface area contributed by atoms with Gasteiger partial charge in [0.1, 0.15) is 0 Å². The van der Waals surface area contributed by atoms with Gasteiger partial charge in [0.05, 0.1) is 17.3 Å². The lowest BCUT2D eigenvalue weighted by atomic mass is 9.91. The van der Waals surface area contributed by atoms with Crippen molar-refractivity contribution < 1.29 is 9.59 Å². The second kappa shape index (κ2) is 4.43. The van der Waals surface area contributed by atoms with Crippen molar-refractivity contribution in [2.75, 3.05) is 4.90 Å². The van der Waals surface area contributed by atoms with E-state index in [2.05, 4.69) is 0 Å². The monoisotopic (exact) mass is 297 g/mol. The van der Waals surface area contributed by atoms with Gasteiger partial charge in [-0.15, -0.1) is 0 Å². The van der Waals surface area contributed by atoms with Gasteiger partial charge < -0.3 is 0 Å². The summed E-state index contributed by atoms with van der Waals surface area (Å²) in [5, 5.41) is 0.518. The number of rotatable bonds is 1. The SMILES string of the molecule is O=C1C(=O)N2c3c(cc(Cl)cc31)CCC2c1ccccc1. The van der Waals surface area contributed by atoms with E-state index in [0.717, 1.165) is 29.7 Å². The van der Waals surface area contributed by atoms with Gasteiger partial charge in [-0.05, 0) is 36.1 Å². The lowest BCUT2D eigenvalue weighted by molar-refractivity contribution is -0.114. The zero-order valence-corrected chi connectivity index (χ0v) is 11.9. The van der Waals surface area contributed by atoms with Gasteiger partial charge in [0.15, 0.2) is 0 Å². The normalized spacial score (nSPS) is 19.9. The predicted octanol–water partition coefficient (Wildman–Crippen LogP) is 3.56. The number of anilines is 1. The predicted molar refractivity (Wildman–Crippen MR) is 80.8 cm³/mol. The van der Waals surface area contributed by atoms with Crippen LogP contribution >= 0.6 is 11.6 Å². The van der Waals surface area contributed by atoms with Crippen molar-refractivity contribution in [2.45, 2.75) is 18.9 Å². The van der Waals surface area contributed by atoms with Crippen LogP contribution in [0.5, 0.6) is 0 Å². The molecule has 2 aromatic carbocycles. The van der Waals surface area contributed by atoms with Crippen molar-refractivity contribution >= 4 is 29.0 Å². The molecule has 2 aliphatic heterocycles. The van der Waals surface area contributed by atoms with Crippen molar-refractivity contribution in [1.82, 2.24) is 0 Å². The maximum absolute atomic E-state index is 12.4. The quantitative estimate of drug-likeness (QED) is 0.755. The highest BCUT2D eigenvalue weighted by Crippen LogP contribution is 2.45. The molecule has 1 amide bonds. The van der Waals surface area contributed by atoms with Crippen molar-refractivity contribution in [3.05, 3.63) is 64.2 Å². The number of Topliss-reactive ketones (excluding diaryl/α,β-unsaturated/α-hetero) is 1. The Morgan fingerprint density at radius 2 is 1.86 bits per heavy atom. The van der Waals surface area contributed by atoms with E-state index in [0.29, 0.717) is 10.6 Å². The maximum atomic E-state index is 12.4. The Balaban J connectivity index is 1.91. The fourth-order valence-electron chi connectivity index (χ4n) is 3.34. The van der Waals surface area contributed by atoms with Crippen LogP contribution in [0.2, 0.25) is 5.02 Å². The second-order valence-corrected chi connectivity index (χ2v) is 5.87. The van der Waals surface area contributed by atoms with Crippen LogP contribution in [0.1, 0.15) is 33.9 Å². The summed E-state index contributed by atoms with van der Waals surface area (Å²) in [7, 11) is 0. The molecule has 0 spiro atoms. The minimum absolute atomic E-state index is 0.0717. The minimum Gasteiger partial charge on any atom is -0.297 e. The average molecular weight is 298 g/mol. The fourth-order valence-corrected chi connectivity index (χ4v) is 3.58. The molecule has 0 saturated carbocycles. The van der Waals surface area contributed by atoms with Crippen molar-refractivity contribution in [3.8, 4) is 0 Å². The number of halogens is 1. The van der Waals surface area contributed by atoms with Crippen molar-refractivity contribution in [1.29, 1.82) is 0 Å². The molecule has 0 N–H and O–H groups in total. The molecule has 104 valence electrons. The summed E-state index contributed by atoms with van der Waals surface area (Å²) in [6.45, 7) is 0. The van der Waals surface area contributed by atoms with Gasteiger partial charge in [-0.25, -0.2) is 0 Å². The van der Waals surface area contributed by atoms with Crippen LogP contribution < -0.4 is 4.90 Å². The molecule has 4 rings (SSSR count). The zero-order chi connectivity index (χ0) is 14.6. The number of carbonyl (C=O) groups excluding carboxylic acids is 2. The van der Waals surface area contributed by atoms with Crippen LogP contribution in [-0.2, 0) is 11.2 Å². The van der Waals surface area contributed by atoms with E-state index < -0.39 is 11.7 Å². The lowest BCUT2D eigenvalue weighted by Gasteiger charge is -2.34. The molecule has 2 aliphatic rings. The van der Waals surface area contributed by atoms with E-state index in [4.69, 9.17) is 11.6 Å². The molecule has 21 heavy (non-hydrogen) atoms. The van der Waals surface area contributed by atoms with Gasteiger partial charge in [-0.3, -0.25) is 14.5 Å². The highest BCUT2D eigenvalue weighted by molar-refractivity contribution is 6.53. The zero-order valence-electron chi connectivity index (χ0n) is 11.2. The first-order valence-electron chi connectivity index (χ1n) is 6.92. The molecule has 0 aromatic heterocycles. The second-order valence-electron chi connectivity index (χ2n) is 5.43. The Labute approximate surface area is 127 Å². The lowest BCUT2D eigenvalue weighted by Crippen LogP contribution is -2.36. The standard InChI is InChI=1S/C17H12ClNO2/c18-12-8-11-6-7-14(10-4-2-1-3-5-10)19-15(11)13(9-12)16(20)17(19)21/h1-5,8-9,14H,6-7H2. The molecule has 2 heterocycles. The summed E-state index contributed by atoms with van der Waals surface area (Å²) in [6.07, 6.45) is 1.62. The highest BCUT2D eigenvalue weighted by Gasteiger charge is 2.44. The van der Waals surface area contributed by atoms with Crippen LogP contribution in [0.25, 0.3) is 0 Å². The number of aryl methyl sites for hydroxylation is 1. The molecule has 0 bridgehead atoms. The molecule has 0 saturated heterocycles. The Hall–Kier alpha value is -2.13.